The first kappa shape index (κ1) is 9.64. The molecule has 2 bridgehead atoms. The molecule has 13 heavy (non-hydrogen) atoms. The largest absolute Gasteiger partial charge is 0.313 e. The van der Waals surface area contributed by atoms with Crippen molar-refractivity contribution >= 4 is 15.7 Å². The van der Waals surface area contributed by atoms with E-state index in [2.05, 4.69) is 27.5 Å². The maximum Gasteiger partial charge on any atom is 0.123 e. The standard InChI is InChI=1S/C10H21B2N/c1-7-8-3-2-4-10(12)13(6-11)9(7)5-8/h7-10H,2-6,11-12H2,1H3. The summed E-state index contributed by atoms with van der Waals surface area (Å²) in [6, 6.07) is 0.922. The average molecular weight is 177 g/mol. The minimum Gasteiger partial charge on any atom is -0.313 e. The smallest absolute Gasteiger partial charge is 0.123 e. The van der Waals surface area contributed by atoms with Gasteiger partial charge in [0.15, 0.2) is 0 Å². The van der Waals surface area contributed by atoms with E-state index in [9.17, 15) is 0 Å². The number of nitrogens with zero attached hydrogens (tertiary/aromatic N) is 1. The average Bonchev–Trinajstić information content (AvgIpc) is 2.10. The van der Waals surface area contributed by atoms with Crippen molar-refractivity contribution in [2.24, 2.45) is 11.8 Å². The van der Waals surface area contributed by atoms with Crippen LogP contribution in [0.15, 0.2) is 0 Å². The van der Waals surface area contributed by atoms with Crippen molar-refractivity contribution in [3.05, 3.63) is 0 Å². The topological polar surface area (TPSA) is 3.24 Å². The van der Waals surface area contributed by atoms with Gasteiger partial charge in [-0.05, 0) is 37.1 Å². The SMILES string of the molecule is BCN1C(B)CCCC2CC1C2C. The highest BCUT2D eigenvalue weighted by atomic mass is 15.2. The molecule has 1 nitrogen and oxygen atoms in total. The molecule has 3 aliphatic rings. The molecule has 2 aliphatic heterocycles. The highest BCUT2D eigenvalue weighted by Crippen LogP contribution is 2.43. The Kier molecular flexibility index (Phi) is 2.73. The van der Waals surface area contributed by atoms with Crippen molar-refractivity contribution in [1.29, 1.82) is 0 Å². The van der Waals surface area contributed by atoms with Crippen LogP contribution in [0.25, 0.3) is 0 Å². The third kappa shape index (κ3) is 1.56. The van der Waals surface area contributed by atoms with Crippen molar-refractivity contribution in [3.8, 4) is 0 Å². The van der Waals surface area contributed by atoms with Gasteiger partial charge in [0, 0.05) is 6.04 Å². The van der Waals surface area contributed by atoms with Gasteiger partial charge in [-0.3, -0.25) is 0 Å². The Morgan fingerprint density at radius 1 is 1.38 bits per heavy atom. The molecule has 0 N–H and O–H groups in total. The van der Waals surface area contributed by atoms with E-state index in [0.29, 0.717) is 0 Å². The predicted molar refractivity (Wildman–Crippen MR) is 62.5 cm³/mol. The maximum absolute atomic E-state index is 2.74. The number of fused-ring (bicyclic) bond motifs is 4. The van der Waals surface area contributed by atoms with Crippen molar-refractivity contribution in [1.82, 2.24) is 4.90 Å². The molecule has 4 unspecified atom stereocenters. The van der Waals surface area contributed by atoms with E-state index in [1.54, 1.807) is 0 Å². The first-order valence-electron chi connectivity index (χ1n) is 5.99. The van der Waals surface area contributed by atoms with Gasteiger partial charge in [0.2, 0.25) is 0 Å². The first-order valence-corrected chi connectivity index (χ1v) is 5.99. The molecule has 0 spiro atoms. The molecular formula is C10H21B2N. The van der Waals surface area contributed by atoms with Crippen LogP contribution < -0.4 is 0 Å². The molecule has 0 aromatic heterocycles. The monoisotopic (exact) mass is 177 g/mol. The van der Waals surface area contributed by atoms with Gasteiger partial charge in [0.25, 0.3) is 0 Å². The number of hydrogen-bond acceptors (Lipinski definition) is 1. The summed E-state index contributed by atoms with van der Waals surface area (Å²) in [6.07, 6.45) is 7.12. The molecule has 1 aliphatic carbocycles. The molecule has 3 heteroatoms. The molecule has 0 aromatic rings. The second kappa shape index (κ2) is 3.68. The van der Waals surface area contributed by atoms with Crippen LogP contribution in [-0.4, -0.2) is 39.0 Å². The third-order valence-electron chi connectivity index (χ3n) is 4.45. The van der Waals surface area contributed by atoms with E-state index in [4.69, 9.17) is 0 Å². The van der Waals surface area contributed by atoms with Crippen LogP contribution in [0.3, 0.4) is 0 Å². The molecule has 3 fully saturated rings. The van der Waals surface area contributed by atoms with Gasteiger partial charge < -0.3 is 4.90 Å². The Morgan fingerprint density at radius 2 is 2.15 bits per heavy atom. The molecule has 0 radical (unpaired) electrons. The van der Waals surface area contributed by atoms with Crippen LogP contribution in [0.4, 0.5) is 0 Å². The highest BCUT2D eigenvalue weighted by Gasteiger charge is 2.42. The Labute approximate surface area is 84.1 Å². The van der Waals surface area contributed by atoms with Gasteiger partial charge in [-0.2, -0.15) is 0 Å². The summed E-state index contributed by atoms with van der Waals surface area (Å²) >= 11 is 0. The summed E-state index contributed by atoms with van der Waals surface area (Å²) in [6.45, 7) is 2.46. The van der Waals surface area contributed by atoms with Crippen LogP contribution >= 0.6 is 0 Å². The zero-order valence-electron chi connectivity index (χ0n) is 9.29. The Morgan fingerprint density at radius 3 is 2.77 bits per heavy atom. The van der Waals surface area contributed by atoms with Crippen LogP contribution in [0, 0.1) is 11.8 Å². The fourth-order valence-electron chi connectivity index (χ4n) is 3.39. The third-order valence-corrected chi connectivity index (χ3v) is 4.45. The molecule has 3 rings (SSSR count). The van der Waals surface area contributed by atoms with Crippen molar-refractivity contribution in [2.75, 3.05) is 6.44 Å². The molecule has 0 amide bonds. The van der Waals surface area contributed by atoms with Gasteiger partial charge in [-0.25, -0.2) is 0 Å². The minimum absolute atomic E-state index is 0.832. The van der Waals surface area contributed by atoms with Gasteiger partial charge in [-0.1, -0.05) is 19.8 Å². The molecule has 2 heterocycles. The fraction of sp³-hybridized carbons (Fsp3) is 1.00. The highest BCUT2D eigenvalue weighted by molar-refractivity contribution is 6.13. The van der Waals surface area contributed by atoms with Crippen molar-refractivity contribution < 1.29 is 0 Å². The normalized spacial score (nSPS) is 46.2. The summed E-state index contributed by atoms with van der Waals surface area (Å²) < 4.78 is 0. The van der Waals surface area contributed by atoms with Crippen LogP contribution in [-0.2, 0) is 0 Å². The number of rotatable bonds is 1. The first-order chi connectivity index (χ1) is 6.24. The zero-order valence-corrected chi connectivity index (χ0v) is 9.29. The Bertz CT molecular complexity index is 186. The van der Waals surface area contributed by atoms with E-state index in [1.165, 1.54) is 32.1 Å². The van der Waals surface area contributed by atoms with Gasteiger partial charge in [-0.15, -0.1) is 0 Å². The molecule has 1 saturated carbocycles. The lowest BCUT2D eigenvalue weighted by Crippen LogP contribution is -2.57. The summed E-state index contributed by atoms with van der Waals surface area (Å²) in [7, 11) is 4.73. The van der Waals surface area contributed by atoms with Gasteiger partial charge in [0.05, 0.1) is 0 Å². The number of hydrogen-bond donors (Lipinski definition) is 0. The lowest BCUT2D eigenvalue weighted by atomic mass is 9.64. The van der Waals surface area contributed by atoms with E-state index in [0.717, 1.165) is 23.8 Å². The zero-order chi connectivity index (χ0) is 9.42. The lowest BCUT2D eigenvalue weighted by Gasteiger charge is -2.53. The van der Waals surface area contributed by atoms with E-state index >= 15 is 0 Å². The quantitative estimate of drug-likeness (QED) is 0.511. The van der Waals surface area contributed by atoms with Crippen LogP contribution in [0.2, 0.25) is 0 Å². The maximum atomic E-state index is 2.74. The Hall–Kier alpha value is 0.0899. The minimum atomic E-state index is 0.832. The van der Waals surface area contributed by atoms with E-state index < -0.39 is 0 Å². The molecule has 4 atom stereocenters. The molecule has 72 valence electrons. The second-order valence-electron chi connectivity index (χ2n) is 5.03. The van der Waals surface area contributed by atoms with E-state index in [1.807, 2.05) is 0 Å². The van der Waals surface area contributed by atoms with Gasteiger partial charge >= 0.3 is 0 Å². The summed E-state index contributed by atoms with van der Waals surface area (Å²) in [5.41, 5.74) is 0. The summed E-state index contributed by atoms with van der Waals surface area (Å²) in [4.78, 5) is 2.74. The van der Waals surface area contributed by atoms with Crippen molar-refractivity contribution in [2.45, 2.75) is 44.6 Å². The van der Waals surface area contributed by atoms with Crippen LogP contribution in [0.1, 0.15) is 32.6 Å². The second-order valence-corrected chi connectivity index (χ2v) is 5.03. The summed E-state index contributed by atoms with van der Waals surface area (Å²) in [5.74, 6) is 2.87. The molecule has 2 saturated heterocycles. The fourth-order valence-corrected chi connectivity index (χ4v) is 3.39. The summed E-state index contributed by atoms with van der Waals surface area (Å²) in [5, 5.41) is 0. The predicted octanol–water partition coefficient (Wildman–Crippen LogP) is 0.0467. The van der Waals surface area contributed by atoms with Crippen molar-refractivity contribution in [3.63, 3.8) is 0 Å². The lowest BCUT2D eigenvalue weighted by molar-refractivity contribution is -0.00573. The van der Waals surface area contributed by atoms with E-state index in [-0.39, 0.29) is 0 Å². The van der Waals surface area contributed by atoms with Crippen LogP contribution in [0.5, 0.6) is 0 Å². The molecule has 0 aromatic carbocycles. The molecular weight excluding hydrogens is 156 g/mol. The van der Waals surface area contributed by atoms with Gasteiger partial charge in [0.1, 0.15) is 15.7 Å². The Balaban J connectivity index is 2.05.